The number of amides is 1. The standard InChI is InChI=1S/C18H25N5O7/c1-6-27-15-12(13(30-22-15)14-19-10-20-23(14)5)9-18(21-11(4)24,16(25)28-7-2)17(26)29-8-3/h10H,6-9H2,1-5H3,(H,21,24). The molecule has 0 radical (unpaired) electrons. The molecule has 0 unspecified atom stereocenters. The van der Waals surface area contributed by atoms with E-state index in [1.165, 1.54) is 17.9 Å². The molecule has 0 aromatic carbocycles. The van der Waals surface area contributed by atoms with Crippen LogP contribution in [0.4, 0.5) is 0 Å². The summed E-state index contributed by atoms with van der Waals surface area (Å²) >= 11 is 0. The predicted molar refractivity (Wildman–Crippen MR) is 101 cm³/mol. The lowest BCUT2D eigenvalue weighted by Gasteiger charge is -2.29. The molecule has 0 fully saturated rings. The van der Waals surface area contributed by atoms with Crippen molar-refractivity contribution >= 4 is 17.8 Å². The van der Waals surface area contributed by atoms with Gasteiger partial charge in [0.25, 0.3) is 5.88 Å². The van der Waals surface area contributed by atoms with E-state index < -0.39 is 29.8 Å². The van der Waals surface area contributed by atoms with E-state index in [1.807, 2.05) is 0 Å². The highest BCUT2D eigenvalue weighted by Gasteiger charge is 2.52. The van der Waals surface area contributed by atoms with Gasteiger partial charge >= 0.3 is 11.9 Å². The maximum absolute atomic E-state index is 12.9. The van der Waals surface area contributed by atoms with Crippen molar-refractivity contribution in [2.24, 2.45) is 7.05 Å². The number of carbonyl (C=O) groups excluding carboxylic acids is 3. The second-order valence-electron chi connectivity index (χ2n) is 6.14. The minimum Gasteiger partial charge on any atom is -0.476 e. The first-order chi connectivity index (χ1) is 14.3. The van der Waals surface area contributed by atoms with Crippen LogP contribution in [0, 0.1) is 0 Å². The van der Waals surface area contributed by atoms with Crippen molar-refractivity contribution in [3.63, 3.8) is 0 Å². The molecular formula is C18H25N5O7. The summed E-state index contributed by atoms with van der Waals surface area (Å²) in [4.78, 5) is 41.9. The second-order valence-corrected chi connectivity index (χ2v) is 6.14. The van der Waals surface area contributed by atoms with Gasteiger partial charge in [0.15, 0.2) is 5.82 Å². The smallest absolute Gasteiger partial charge is 0.344 e. The molecule has 0 aliphatic heterocycles. The van der Waals surface area contributed by atoms with Crippen molar-refractivity contribution < 1.29 is 33.1 Å². The molecule has 0 saturated heterocycles. The summed E-state index contributed by atoms with van der Waals surface area (Å²) in [5, 5.41) is 10.3. The van der Waals surface area contributed by atoms with Crippen molar-refractivity contribution in [1.29, 1.82) is 0 Å². The van der Waals surface area contributed by atoms with Crippen LogP contribution in [0.5, 0.6) is 5.88 Å². The fourth-order valence-electron chi connectivity index (χ4n) is 2.83. The predicted octanol–water partition coefficient (Wildman–Crippen LogP) is 0.412. The van der Waals surface area contributed by atoms with Crippen molar-refractivity contribution in [2.45, 2.75) is 39.7 Å². The van der Waals surface area contributed by atoms with E-state index in [9.17, 15) is 14.4 Å². The van der Waals surface area contributed by atoms with Crippen LogP contribution in [0.1, 0.15) is 33.3 Å². The largest absolute Gasteiger partial charge is 0.476 e. The molecule has 0 aliphatic carbocycles. The molecule has 30 heavy (non-hydrogen) atoms. The van der Waals surface area contributed by atoms with Crippen LogP contribution in [-0.2, 0) is 37.3 Å². The van der Waals surface area contributed by atoms with Crippen molar-refractivity contribution in [1.82, 2.24) is 25.2 Å². The number of ether oxygens (including phenoxy) is 3. The number of hydrogen-bond donors (Lipinski definition) is 1. The molecule has 12 nitrogen and oxygen atoms in total. The molecule has 2 rings (SSSR count). The minimum absolute atomic E-state index is 0.0162. The van der Waals surface area contributed by atoms with Gasteiger partial charge in [0.2, 0.25) is 17.2 Å². The molecule has 0 spiro atoms. The Labute approximate surface area is 172 Å². The van der Waals surface area contributed by atoms with E-state index in [4.69, 9.17) is 18.7 Å². The quantitative estimate of drug-likeness (QED) is 0.421. The van der Waals surface area contributed by atoms with Gasteiger partial charge < -0.3 is 24.1 Å². The maximum atomic E-state index is 12.9. The van der Waals surface area contributed by atoms with Gasteiger partial charge in [0, 0.05) is 20.4 Å². The zero-order valence-corrected chi connectivity index (χ0v) is 17.6. The van der Waals surface area contributed by atoms with Crippen molar-refractivity contribution in [3.8, 4) is 17.5 Å². The lowest BCUT2D eigenvalue weighted by molar-refractivity contribution is -0.168. The summed E-state index contributed by atoms with van der Waals surface area (Å²) in [5.74, 6) is -2.14. The lowest BCUT2D eigenvalue weighted by Crippen LogP contribution is -2.62. The van der Waals surface area contributed by atoms with Gasteiger partial charge in [-0.3, -0.25) is 4.79 Å². The fourth-order valence-corrected chi connectivity index (χ4v) is 2.83. The van der Waals surface area contributed by atoms with E-state index in [0.717, 1.165) is 0 Å². The Balaban J connectivity index is 2.67. The van der Waals surface area contributed by atoms with Crippen molar-refractivity contribution in [3.05, 3.63) is 11.9 Å². The van der Waals surface area contributed by atoms with E-state index >= 15 is 0 Å². The molecule has 0 atom stereocenters. The number of carbonyl (C=O) groups is 3. The summed E-state index contributed by atoms with van der Waals surface area (Å²) in [7, 11) is 1.63. The summed E-state index contributed by atoms with van der Waals surface area (Å²) in [5.41, 5.74) is -1.95. The van der Waals surface area contributed by atoms with Crippen LogP contribution in [0.15, 0.2) is 10.9 Å². The molecule has 2 aromatic rings. The average Bonchev–Trinajstić information content (AvgIpc) is 3.27. The van der Waals surface area contributed by atoms with Gasteiger partial charge in [0.05, 0.1) is 25.4 Å². The van der Waals surface area contributed by atoms with Crippen LogP contribution < -0.4 is 10.1 Å². The molecule has 164 valence electrons. The first-order valence-corrected chi connectivity index (χ1v) is 9.39. The molecule has 12 heteroatoms. The number of nitrogens with one attached hydrogen (secondary N) is 1. The monoisotopic (exact) mass is 423 g/mol. The van der Waals surface area contributed by atoms with Gasteiger partial charge in [-0.1, -0.05) is 0 Å². The molecule has 1 N–H and O–H groups in total. The maximum Gasteiger partial charge on any atom is 0.344 e. The third kappa shape index (κ3) is 4.58. The lowest BCUT2D eigenvalue weighted by atomic mass is 9.90. The summed E-state index contributed by atoms with van der Waals surface area (Å²) in [6, 6.07) is 0. The number of hydrogen-bond acceptors (Lipinski definition) is 10. The third-order valence-electron chi connectivity index (χ3n) is 4.03. The van der Waals surface area contributed by atoms with Crippen LogP contribution in [0.2, 0.25) is 0 Å². The Morgan fingerprint density at radius 1 is 1.13 bits per heavy atom. The zero-order chi connectivity index (χ0) is 22.3. The Morgan fingerprint density at radius 2 is 1.77 bits per heavy atom. The normalized spacial score (nSPS) is 11.1. The van der Waals surface area contributed by atoms with Gasteiger partial charge in [-0.2, -0.15) is 5.10 Å². The molecule has 0 bridgehead atoms. The van der Waals surface area contributed by atoms with E-state index in [-0.39, 0.29) is 42.8 Å². The molecule has 0 saturated carbocycles. The minimum atomic E-state index is -2.18. The number of rotatable bonds is 10. The highest BCUT2D eigenvalue weighted by Crippen LogP contribution is 2.33. The first-order valence-electron chi connectivity index (χ1n) is 9.39. The number of nitrogens with zero attached hydrogens (tertiary/aromatic N) is 4. The highest BCUT2D eigenvalue weighted by atomic mass is 16.6. The molecule has 2 heterocycles. The Morgan fingerprint density at radius 3 is 2.23 bits per heavy atom. The van der Waals surface area contributed by atoms with Crippen molar-refractivity contribution in [2.75, 3.05) is 19.8 Å². The molecule has 2 aromatic heterocycles. The zero-order valence-electron chi connectivity index (χ0n) is 17.6. The third-order valence-corrected chi connectivity index (χ3v) is 4.03. The van der Waals surface area contributed by atoms with Crippen LogP contribution in [0.25, 0.3) is 11.6 Å². The number of esters is 2. The van der Waals surface area contributed by atoms with Gasteiger partial charge in [-0.15, -0.1) is 0 Å². The van der Waals surface area contributed by atoms with Crippen LogP contribution >= 0.6 is 0 Å². The second kappa shape index (κ2) is 9.85. The summed E-state index contributed by atoms with van der Waals surface area (Å²) in [6.45, 7) is 6.28. The van der Waals surface area contributed by atoms with Gasteiger partial charge in [-0.05, 0) is 25.9 Å². The SMILES string of the molecule is CCOC(=O)C(Cc1c(OCC)noc1-c1ncnn1C)(NC(C)=O)C(=O)OCC. The van der Waals surface area contributed by atoms with E-state index in [1.54, 1.807) is 27.8 Å². The molecule has 1 amide bonds. The van der Waals surface area contributed by atoms with E-state index in [2.05, 4.69) is 20.6 Å². The van der Waals surface area contributed by atoms with E-state index in [0.29, 0.717) is 0 Å². The van der Waals surface area contributed by atoms with Gasteiger partial charge in [-0.25, -0.2) is 19.3 Å². The fraction of sp³-hybridized carbons (Fsp3) is 0.556. The summed E-state index contributed by atoms with van der Waals surface area (Å²) in [6.07, 6.45) is 0.908. The number of aromatic nitrogens is 4. The van der Waals surface area contributed by atoms with Crippen LogP contribution in [0.3, 0.4) is 0 Å². The summed E-state index contributed by atoms with van der Waals surface area (Å²) < 4.78 is 22.5. The average molecular weight is 423 g/mol. The topological polar surface area (TPSA) is 148 Å². The number of aryl methyl sites for hydroxylation is 1. The molecule has 0 aliphatic rings. The Bertz CT molecular complexity index is 887. The highest BCUT2D eigenvalue weighted by molar-refractivity contribution is 6.08. The Kier molecular flexibility index (Phi) is 7.50. The Hall–Kier alpha value is -3.44. The van der Waals surface area contributed by atoms with Gasteiger partial charge in [0.1, 0.15) is 6.33 Å². The first kappa shape index (κ1) is 22.8. The van der Waals surface area contributed by atoms with Crippen LogP contribution in [-0.4, -0.2) is 63.1 Å². The molecular weight excluding hydrogens is 398 g/mol.